The summed E-state index contributed by atoms with van der Waals surface area (Å²) >= 11 is 0. The minimum Gasteiger partial charge on any atom is -0.482 e. The largest absolute Gasteiger partial charge is 0.482 e. The first kappa shape index (κ1) is 33.2. The minimum absolute atomic E-state index is 0.0911. The fourth-order valence-electron chi connectivity index (χ4n) is 4.48. The summed E-state index contributed by atoms with van der Waals surface area (Å²) in [5.41, 5.74) is 2.25. The normalized spacial score (nSPS) is 12.6. The van der Waals surface area contributed by atoms with Crippen LogP contribution < -0.4 is 9.47 Å². The SMILES string of the molecule is CCCC[C@@H](CC)COC(=O)COc1ccc(C(C)c2ccc(OCC(=O)OC[C@H](CC)CCCC)cc2)cc1. The van der Waals surface area contributed by atoms with E-state index in [9.17, 15) is 9.59 Å². The van der Waals surface area contributed by atoms with E-state index >= 15 is 0 Å². The van der Waals surface area contributed by atoms with Gasteiger partial charge in [-0.3, -0.25) is 0 Å². The van der Waals surface area contributed by atoms with Crippen LogP contribution >= 0.6 is 0 Å². The van der Waals surface area contributed by atoms with Gasteiger partial charge in [0.05, 0.1) is 13.2 Å². The molecule has 0 aliphatic carbocycles. The zero-order valence-electron chi connectivity index (χ0n) is 25.3. The van der Waals surface area contributed by atoms with Gasteiger partial charge in [0, 0.05) is 5.92 Å². The highest BCUT2D eigenvalue weighted by Gasteiger charge is 2.13. The van der Waals surface area contributed by atoms with Crippen LogP contribution in [0.1, 0.15) is 103 Å². The number of benzene rings is 2. The van der Waals surface area contributed by atoms with Crippen LogP contribution in [-0.4, -0.2) is 38.4 Å². The van der Waals surface area contributed by atoms with Gasteiger partial charge < -0.3 is 18.9 Å². The van der Waals surface area contributed by atoms with Crippen LogP contribution in [0, 0.1) is 11.8 Å². The van der Waals surface area contributed by atoms with Crippen molar-refractivity contribution in [3.05, 3.63) is 59.7 Å². The molecule has 0 heterocycles. The zero-order chi connectivity index (χ0) is 29.2. The van der Waals surface area contributed by atoms with Gasteiger partial charge in [0.1, 0.15) is 11.5 Å². The Labute approximate surface area is 241 Å². The number of carbonyl (C=O) groups excluding carboxylic acids is 2. The second kappa shape index (κ2) is 19.1. The zero-order valence-corrected chi connectivity index (χ0v) is 25.3. The fourth-order valence-corrected chi connectivity index (χ4v) is 4.48. The first-order chi connectivity index (χ1) is 19.4. The molecule has 0 fully saturated rings. The molecule has 2 aromatic rings. The molecule has 40 heavy (non-hydrogen) atoms. The fraction of sp³-hybridized carbons (Fsp3) is 0.588. The van der Waals surface area contributed by atoms with E-state index in [0.29, 0.717) is 36.5 Å². The van der Waals surface area contributed by atoms with Crippen LogP contribution in [-0.2, 0) is 19.1 Å². The van der Waals surface area contributed by atoms with Crippen LogP contribution in [0.2, 0.25) is 0 Å². The molecule has 2 atom stereocenters. The van der Waals surface area contributed by atoms with Gasteiger partial charge in [-0.15, -0.1) is 0 Å². The van der Waals surface area contributed by atoms with Crippen molar-refractivity contribution in [2.75, 3.05) is 26.4 Å². The number of hydrogen-bond donors (Lipinski definition) is 0. The van der Waals surface area contributed by atoms with E-state index in [-0.39, 0.29) is 31.1 Å². The standard InChI is InChI=1S/C34H50O6/c1-6-10-12-27(8-3)22-39-33(35)24-37-31-18-14-29(15-19-31)26(5)30-16-20-32(21-17-30)38-25-34(36)40-23-28(9-4)13-11-7-2/h14-21,26-28H,6-13,22-25H2,1-5H3/t27-,28-/m1/s1. The summed E-state index contributed by atoms with van der Waals surface area (Å²) in [5, 5.41) is 0. The molecule has 0 unspecified atom stereocenters. The average molecular weight is 555 g/mol. The molecule has 0 bridgehead atoms. The molecule has 0 aliphatic rings. The first-order valence-electron chi connectivity index (χ1n) is 15.2. The Morgan fingerprint density at radius 3 is 1.32 bits per heavy atom. The van der Waals surface area contributed by atoms with Crippen LogP contribution in [0.3, 0.4) is 0 Å². The van der Waals surface area contributed by atoms with E-state index in [1.54, 1.807) is 0 Å². The predicted molar refractivity (Wildman–Crippen MR) is 160 cm³/mol. The molecule has 222 valence electrons. The predicted octanol–water partition coefficient (Wildman–Crippen LogP) is 8.12. The minimum atomic E-state index is -0.333. The number of unbranched alkanes of at least 4 members (excludes halogenated alkanes) is 2. The van der Waals surface area contributed by atoms with E-state index in [4.69, 9.17) is 18.9 Å². The van der Waals surface area contributed by atoms with Gasteiger partial charge in [-0.1, -0.05) is 97.4 Å². The van der Waals surface area contributed by atoms with Crippen LogP contribution in [0.25, 0.3) is 0 Å². The Hall–Kier alpha value is -3.02. The highest BCUT2D eigenvalue weighted by molar-refractivity contribution is 5.71. The quantitative estimate of drug-likeness (QED) is 0.154. The third-order valence-corrected chi connectivity index (χ3v) is 7.52. The van der Waals surface area contributed by atoms with Crippen LogP contribution in [0.15, 0.2) is 48.5 Å². The van der Waals surface area contributed by atoms with Gasteiger partial charge in [0.2, 0.25) is 0 Å². The lowest BCUT2D eigenvalue weighted by Gasteiger charge is -2.16. The van der Waals surface area contributed by atoms with Crippen molar-refractivity contribution < 1.29 is 28.5 Å². The van der Waals surface area contributed by atoms with Crippen molar-refractivity contribution in [2.45, 2.75) is 91.9 Å². The van der Waals surface area contributed by atoms with Crippen LogP contribution in [0.5, 0.6) is 11.5 Å². The van der Waals surface area contributed by atoms with E-state index < -0.39 is 0 Å². The van der Waals surface area contributed by atoms with E-state index in [1.165, 1.54) is 0 Å². The van der Waals surface area contributed by atoms with Gasteiger partial charge in [0.25, 0.3) is 0 Å². The summed E-state index contributed by atoms with van der Waals surface area (Å²) in [6.45, 7) is 11.5. The monoisotopic (exact) mass is 554 g/mol. The topological polar surface area (TPSA) is 71.1 Å². The Morgan fingerprint density at radius 2 is 1.00 bits per heavy atom. The van der Waals surface area contributed by atoms with Crippen molar-refractivity contribution in [3.8, 4) is 11.5 Å². The molecule has 6 nitrogen and oxygen atoms in total. The summed E-state index contributed by atoms with van der Waals surface area (Å²) < 4.78 is 22.1. The molecule has 2 aromatic carbocycles. The maximum Gasteiger partial charge on any atom is 0.344 e. The number of esters is 2. The molecule has 0 spiro atoms. The molecule has 0 aliphatic heterocycles. The molecule has 0 radical (unpaired) electrons. The Morgan fingerprint density at radius 1 is 0.625 bits per heavy atom. The van der Waals surface area contributed by atoms with Gasteiger partial charge >= 0.3 is 11.9 Å². The summed E-state index contributed by atoms with van der Waals surface area (Å²) in [6, 6.07) is 15.5. The summed E-state index contributed by atoms with van der Waals surface area (Å²) in [6.07, 6.45) is 8.81. The smallest absolute Gasteiger partial charge is 0.344 e. The Balaban J connectivity index is 1.76. The maximum atomic E-state index is 12.1. The lowest BCUT2D eigenvalue weighted by atomic mass is 9.93. The van der Waals surface area contributed by atoms with Crippen LogP contribution in [0.4, 0.5) is 0 Å². The summed E-state index contributed by atoms with van der Waals surface area (Å²) in [5.74, 6) is 1.59. The highest BCUT2D eigenvalue weighted by Crippen LogP contribution is 2.27. The molecule has 2 rings (SSSR count). The molecule has 0 aromatic heterocycles. The third-order valence-electron chi connectivity index (χ3n) is 7.52. The lowest BCUT2D eigenvalue weighted by Crippen LogP contribution is -2.19. The maximum absolute atomic E-state index is 12.1. The molecular formula is C34H50O6. The molecule has 0 saturated heterocycles. The average Bonchev–Trinajstić information content (AvgIpc) is 2.99. The van der Waals surface area contributed by atoms with Gasteiger partial charge in [-0.25, -0.2) is 9.59 Å². The van der Waals surface area contributed by atoms with Crippen molar-refractivity contribution in [1.29, 1.82) is 0 Å². The number of rotatable bonds is 20. The highest BCUT2D eigenvalue weighted by atomic mass is 16.6. The van der Waals surface area contributed by atoms with Gasteiger partial charge in [-0.05, 0) is 60.1 Å². The molecule has 6 heteroatoms. The Bertz CT molecular complexity index is 889. The van der Waals surface area contributed by atoms with E-state index in [0.717, 1.165) is 62.5 Å². The molecule has 0 N–H and O–H groups in total. The second-order valence-electron chi connectivity index (χ2n) is 10.6. The number of hydrogen-bond acceptors (Lipinski definition) is 6. The van der Waals surface area contributed by atoms with Gasteiger partial charge in [0.15, 0.2) is 13.2 Å². The number of ether oxygens (including phenoxy) is 4. The van der Waals surface area contributed by atoms with Crippen molar-refractivity contribution >= 4 is 11.9 Å². The van der Waals surface area contributed by atoms with E-state index in [2.05, 4.69) is 34.6 Å². The summed E-state index contributed by atoms with van der Waals surface area (Å²) in [7, 11) is 0. The van der Waals surface area contributed by atoms with Crippen molar-refractivity contribution in [3.63, 3.8) is 0 Å². The van der Waals surface area contributed by atoms with Gasteiger partial charge in [-0.2, -0.15) is 0 Å². The first-order valence-corrected chi connectivity index (χ1v) is 15.2. The molecule has 0 amide bonds. The third kappa shape index (κ3) is 12.4. The molecular weight excluding hydrogens is 504 g/mol. The van der Waals surface area contributed by atoms with Crippen molar-refractivity contribution in [1.82, 2.24) is 0 Å². The number of carbonyl (C=O) groups is 2. The second-order valence-corrected chi connectivity index (χ2v) is 10.6. The lowest BCUT2D eigenvalue weighted by molar-refractivity contribution is -0.148. The van der Waals surface area contributed by atoms with Crippen molar-refractivity contribution in [2.24, 2.45) is 11.8 Å². The molecule has 0 saturated carbocycles. The Kier molecular flexibility index (Phi) is 15.9. The van der Waals surface area contributed by atoms with E-state index in [1.807, 2.05) is 48.5 Å². The summed E-state index contributed by atoms with van der Waals surface area (Å²) in [4.78, 5) is 24.2.